The molecule has 2 N–H and O–H groups in total. The largest absolute Gasteiger partial charge is 0.496 e. The van der Waals surface area contributed by atoms with Gasteiger partial charge in [0.05, 0.1) is 12.7 Å². The topological polar surface area (TPSA) is 104 Å². The predicted molar refractivity (Wildman–Crippen MR) is 124 cm³/mol. The van der Waals surface area contributed by atoms with E-state index in [1.165, 1.54) is 18.9 Å². The van der Waals surface area contributed by atoms with Crippen LogP contribution in [0, 0.1) is 0 Å². The summed E-state index contributed by atoms with van der Waals surface area (Å²) < 4.78 is 11.3. The second-order valence-electron chi connectivity index (χ2n) is 7.30. The Hall–Kier alpha value is -2.91. The van der Waals surface area contributed by atoms with Gasteiger partial charge in [0.15, 0.2) is 11.7 Å². The Balaban J connectivity index is 1.53. The first-order valence-corrected chi connectivity index (χ1v) is 11.5. The van der Waals surface area contributed by atoms with Crippen molar-refractivity contribution in [1.82, 2.24) is 15.2 Å². The number of hydrogen-bond donors (Lipinski definition) is 2. The summed E-state index contributed by atoms with van der Waals surface area (Å²) in [6.45, 7) is 1.90. The number of rotatable bonds is 7. The smallest absolute Gasteiger partial charge is 0.342 e. The number of carboxylic acids is 1. The molecule has 0 atom stereocenters. The average molecular weight is 475 g/mol. The van der Waals surface area contributed by atoms with Crippen LogP contribution >= 0.6 is 23.4 Å². The van der Waals surface area contributed by atoms with Gasteiger partial charge < -0.3 is 19.2 Å². The average Bonchev–Trinajstić information content (AvgIpc) is 3.36. The lowest BCUT2D eigenvalue weighted by atomic mass is 10.2. The first kappa shape index (κ1) is 22.3. The number of furan rings is 1. The molecule has 1 saturated heterocycles. The molecular weight excluding hydrogens is 452 g/mol. The van der Waals surface area contributed by atoms with E-state index >= 15 is 0 Å². The predicted octanol–water partition coefficient (Wildman–Crippen LogP) is 5.32. The third kappa shape index (κ3) is 5.28. The molecule has 0 amide bonds. The van der Waals surface area contributed by atoms with Crippen molar-refractivity contribution in [3.8, 4) is 17.1 Å². The standard InChI is InChI=1S/C22H23ClN4O4S/c1-30-17-8-6-14(23)12-16(17)20-24-22(26-25-20)32-18(21(28)29)13-15-7-9-19(31-15)27-10-4-2-3-5-11-27/h6-9,12-13H,2-5,10-11H2,1H3,(H,28,29)(H,24,25,26)/b18-13-. The number of aliphatic carboxylic acids is 1. The highest BCUT2D eigenvalue weighted by atomic mass is 35.5. The summed E-state index contributed by atoms with van der Waals surface area (Å²) in [5.41, 5.74) is 0.633. The van der Waals surface area contributed by atoms with Crippen molar-refractivity contribution in [2.24, 2.45) is 0 Å². The van der Waals surface area contributed by atoms with Crippen molar-refractivity contribution in [2.45, 2.75) is 30.8 Å². The normalized spacial score (nSPS) is 14.9. The van der Waals surface area contributed by atoms with Gasteiger partial charge in [-0.25, -0.2) is 9.78 Å². The van der Waals surface area contributed by atoms with Crippen LogP contribution in [-0.2, 0) is 4.79 Å². The van der Waals surface area contributed by atoms with E-state index < -0.39 is 5.97 Å². The Bertz CT molecular complexity index is 1120. The van der Waals surface area contributed by atoms with Crippen LogP contribution in [0.2, 0.25) is 5.02 Å². The zero-order chi connectivity index (χ0) is 22.5. The van der Waals surface area contributed by atoms with E-state index in [4.69, 9.17) is 20.8 Å². The summed E-state index contributed by atoms with van der Waals surface area (Å²) >= 11 is 7.02. The highest BCUT2D eigenvalue weighted by Crippen LogP contribution is 2.33. The van der Waals surface area contributed by atoms with Gasteiger partial charge in [0.25, 0.3) is 0 Å². The summed E-state index contributed by atoms with van der Waals surface area (Å²) in [4.78, 5) is 18.5. The van der Waals surface area contributed by atoms with Gasteiger partial charge in [0.1, 0.15) is 16.4 Å². The molecule has 1 aliphatic rings. The monoisotopic (exact) mass is 474 g/mol. The molecule has 3 aromatic rings. The molecule has 0 spiro atoms. The summed E-state index contributed by atoms with van der Waals surface area (Å²) in [6.07, 6.45) is 6.21. The van der Waals surface area contributed by atoms with Crippen LogP contribution in [0.25, 0.3) is 17.5 Å². The van der Waals surface area contributed by atoms with Crippen molar-refractivity contribution in [2.75, 3.05) is 25.1 Å². The second kappa shape index (κ2) is 10.1. The molecular formula is C22H23ClN4O4S. The lowest BCUT2D eigenvalue weighted by Gasteiger charge is -2.18. The molecule has 4 rings (SSSR count). The Morgan fingerprint density at radius 1 is 1.25 bits per heavy atom. The SMILES string of the molecule is COc1ccc(Cl)cc1-c1nc(S/C(=C\c2ccc(N3CCCCCC3)o2)C(=O)O)n[nH]1. The number of aromatic nitrogens is 3. The quantitative estimate of drug-likeness (QED) is 0.350. The molecule has 1 aliphatic heterocycles. The first-order chi connectivity index (χ1) is 15.5. The van der Waals surface area contributed by atoms with Gasteiger partial charge in [-0.3, -0.25) is 5.10 Å². The van der Waals surface area contributed by atoms with Crippen LogP contribution in [0.1, 0.15) is 31.4 Å². The van der Waals surface area contributed by atoms with Crippen molar-refractivity contribution >= 4 is 41.3 Å². The molecule has 1 aromatic carbocycles. The molecule has 1 fully saturated rings. The third-order valence-corrected chi connectivity index (χ3v) is 6.21. The Labute approximate surface area is 194 Å². The van der Waals surface area contributed by atoms with E-state index in [1.807, 2.05) is 6.07 Å². The molecule has 3 heterocycles. The van der Waals surface area contributed by atoms with Gasteiger partial charge >= 0.3 is 5.97 Å². The van der Waals surface area contributed by atoms with Gasteiger partial charge in [-0.15, -0.1) is 5.10 Å². The van der Waals surface area contributed by atoms with Crippen LogP contribution < -0.4 is 9.64 Å². The number of hydrogen-bond acceptors (Lipinski definition) is 7. The maximum atomic E-state index is 11.8. The second-order valence-corrected chi connectivity index (χ2v) is 8.75. The van der Waals surface area contributed by atoms with E-state index in [0.717, 1.165) is 43.6 Å². The van der Waals surface area contributed by atoms with Gasteiger partial charge in [-0.2, -0.15) is 0 Å². The Morgan fingerprint density at radius 2 is 2.03 bits per heavy atom. The number of H-pyrrole nitrogens is 1. The van der Waals surface area contributed by atoms with Gasteiger partial charge in [0, 0.05) is 30.3 Å². The Morgan fingerprint density at radius 3 is 2.75 bits per heavy atom. The summed E-state index contributed by atoms with van der Waals surface area (Å²) in [5.74, 6) is 1.16. The van der Waals surface area contributed by atoms with E-state index in [0.29, 0.717) is 27.9 Å². The number of benzene rings is 1. The number of halogens is 1. The number of ether oxygens (including phenoxy) is 1. The van der Waals surface area contributed by atoms with Crippen LogP contribution in [0.5, 0.6) is 5.75 Å². The van der Waals surface area contributed by atoms with E-state index in [9.17, 15) is 9.90 Å². The lowest BCUT2D eigenvalue weighted by molar-refractivity contribution is -0.131. The van der Waals surface area contributed by atoms with Gasteiger partial charge in [0.2, 0.25) is 5.16 Å². The molecule has 0 radical (unpaired) electrons. The van der Waals surface area contributed by atoms with Crippen LogP contribution in [-0.4, -0.2) is 46.5 Å². The summed E-state index contributed by atoms with van der Waals surface area (Å²) in [7, 11) is 1.55. The number of methoxy groups -OCH3 is 1. The highest BCUT2D eigenvalue weighted by Gasteiger charge is 2.18. The molecule has 0 bridgehead atoms. The van der Waals surface area contributed by atoms with Gasteiger partial charge in [-0.05, 0) is 48.9 Å². The number of nitrogens with zero attached hydrogens (tertiary/aromatic N) is 3. The fourth-order valence-corrected chi connectivity index (χ4v) is 4.38. The minimum Gasteiger partial charge on any atom is -0.496 e. The van der Waals surface area contributed by atoms with E-state index in [1.54, 1.807) is 31.4 Å². The molecule has 0 saturated carbocycles. The number of anilines is 1. The fourth-order valence-electron chi connectivity index (χ4n) is 3.52. The molecule has 8 nitrogen and oxygen atoms in total. The minimum atomic E-state index is -1.09. The number of carboxylic acid groups (broad SMARTS) is 1. The van der Waals surface area contributed by atoms with Crippen LogP contribution in [0.3, 0.4) is 0 Å². The Kier molecular flexibility index (Phi) is 7.06. The third-order valence-electron chi connectivity index (χ3n) is 5.10. The molecule has 0 aliphatic carbocycles. The van der Waals surface area contributed by atoms with Crippen molar-refractivity contribution in [1.29, 1.82) is 0 Å². The maximum Gasteiger partial charge on any atom is 0.342 e. The molecule has 32 heavy (non-hydrogen) atoms. The van der Waals surface area contributed by atoms with Crippen molar-refractivity contribution in [3.05, 3.63) is 46.0 Å². The molecule has 168 valence electrons. The lowest BCUT2D eigenvalue weighted by Crippen LogP contribution is -2.23. The fraction of sp³-hybridized carbons (Fsp3) is 0.318. The number of aromatic amines is 1. The molecule has 10 heteroatoms. The summed E-state index contributed by atoms with van der Waals surface area (Å²) in [6, 6.07) is 8.82. The first-order valence-electron chi connectivity index (χ1n) is 10.3. The molecule has 2 aromatic heterocycles. The number of thioether (sulfide) groups is 1. The van der Waals surface area contributed by atoms with E-state index in [-0.39, 0.29) is 10.1 Å². The van der Waals surface area contributed by atoms with E-state index in [2.05, 4.69) is 20.1 Å². The number of nitrogens with one attached hydrogen (secondary N) is 1. The highest BCUT2D eigenvalue weighted by molar-refractivity contribution is 8.04. The van der Waals surface area contributed by atoms with Crippen molar-refractivity contribution in [3.63, 3.8) is 0 Å². The van der Waals surface area contributed by atoms with Gasteiger partial charge in [-0.1, -0.05) is 24.4 Å². The van der Waals surface area contributed by atoms with Crippen molar-refractivity contribution < 1.29 is 19.1 Å². The molecule has 0 unspecified atom stereocenters. The number of carbonyl (C=O) groups is 1. The van der Waals surface area contributed by atoms with Crippen LogP contribution in [0.4, 0.5) is 5.88 Å². The zero-order valence-electron chi connectivity index (χ0n) is 17.5. The van der Waals surface area contributed by atoms with Crippen LogP contribution in [0.15, 0.2) is 44.8 Å². The summed E-state index contributed by atoms with van der Waals surface area (Å²) in [5, 5.41) is 17.4. The maximum absolute atomic E-state index is 11.8. The zero-order valence-corrected chi connectivity index (χ0v) is 19.1. The minimum absolute atomic E-state index is 0.0466.